The van der Waals surface area contributed by atoms with Crippen molar-refractivity contribution in [3.8, 4) is 22.4 Å². The van der Waals surface area contributed by atoms with E-state index < -0.39 is 11.9 Å². The zero-order chi connectivity index (χ0) is 29.2. The van der Waals surface area contributed by atoms with Gasteiger partial charge in [-0.1, -0.05) is 56.0 Å². The van der Waals surface area contributed by atoms with Gasteiger partial charge in [-0.2, -0.15) is 0 Å². The number of likely N-dealkylation sites (tertiary alicyclic amines) is 1. The van der Waals surface area contributed by atoms with Crippen LogP contribution in [0.25, 0.3) is 22.4 Å². The van der Waals surface area contributed by atoms with E-state index in [1.165, 1.54) is 11.3 Å². The number of carbonyl (C=O) groups is 3. The zero-order valence-electron chi connectivity index (χ0n) is 24.1. The minimum absolute atomic E-state index is 0.0879. The molecule has 8 nitrogen and oxygen atoms in total. The molecule has 1 aliphatic heterocycles. The number of thiazole rings is 1. The first kappa shape index (κ1) is 28.5. The number of nitrogens with zero attached hydrogens (tertiary/aromatic N) is 4. The van der Waals surface area contributed by atoms with E-state index >= 15 is 0 Å². The summed E-state index contributed by atoms with van der Waals surface area (Å²) in [6, 6.07) is 12.1. The van der Waals surface area contributed by atoms with Gasteiger partial charge in [0.15, 0.2) is 5.13 Å². The number of piperidine rings is 1. The maximum Gasteiger partial charge on any atom is 0.304 e. The maximum absolute atomic E-state index is 13.9. The lowest BCUT2D eigenvalue weighted by Gasteiger charge is -2.28. The Morgan fingerprint density at radius 3 is 2.50 bits per heavy atom. The molecule has 2 amide bonds. The SMILES string of the molecule is CN1CCCC(c2ccc(-c3ccccc3-c3csc(N(C(=O)[C@@H](CC(=O)O)CC4CCCC4)C4CC4)n3)cn2)C1=O. The van der Waals surface area contributed by atoms with E-state index in [1.54, 1.807) is 9.80 Å². The third kappa shape index (κ3) is 6.11. The van der Waals surface area contributed by atoms with Crippen molar-refractivity contribution in [2.75, 3.05) is 18.5 Å². The number of amides is 2. The third-order valence-electron chi connectivity index (χ3n) is 9.03. The van der Waals surface area contributed by atoms with Gasteiger partial charge in [0.25, 0.3) is 0 Å². The molecule has 0 radical (unpaired) electrons. The Kier molecular flexibility index (Phi) is 8.38. The highest BCUT2D eigenvalue weighted by Gasteiger charge is 2.40. The fraction of sp³-hybridized carbons (Fsp3) is 0.485. The number of likely N-dealkylation sites (N-methyl/N-ethyl adjacent to an activating group) is 1. The number of carboxylic acids is 1. The largest absolute Gasteiger partial charge is 0.481 e. The van der Waals surface area contributed by atoms with Crippen molar-refractivity contribution in [2.24, 2.45) is 11.8 Å². The lowest BCUT2D eigenvalue weighted by Crippen LogP contribution is -2.39. The first-order chi connectivity index (χ1) is 20.4. The Labute approximate surface area is 250 Å². The molecule has 1 N–H and O–H groups in total. The minimum Gasteiger partial charge on any atom is -0.481 e. The monoisotopic (exact) mass is 586 g/mol. The summed E-state index contributed by atoms with van der Waals surface area (Å²) in [6.07, 6.45) is 10.4. The molecule has 1 saturated heterocycles. The zero-order valence-corrected chi connectivity index (χ0v) is 24.9. The summed E-state index contributed by atoms with van der Waals surface area (Å²) in [5.41, 5.74) is 4.45. The van der Waals surface area contributed by atoms with Crippen LogP contribution >= 0.6 is 11.3 Å². The van der Waals surface area contributed by atoms with Crippen LogP contribution < -0.4 is 4.90 Å². The van der Waals surface area contributed by atoms with E-state index in [-0.39, 0.29) is 30.2 Å². The van der Waals surface area contributed by atoms with E-state index in [1.807, 2.05) is 55.0 Å². The van der Waals surface area contributed by atoms with Crippen LogP contribution in [0, 0.1) is 11.8 Å². The van der Waals surface area contributed by atoms with Crippen molar-refractivity contribution in [3.05, 3.63) is 53.7 Å². The van der Waals surface area contributed by atoms with Gasteiger partial charge in [-0.05, 0) is 49.7 Å². The number of carboxylic acid groups (broad SMARTS) is 1. The van der Waals surface area contributed by atoms with E-state index in [2.05, 4.69) is 0 Å². The van der Waals surface area contributed by atoms with Crippen LogP contribution in [0.2, 0.25) is 0 Å². The van der Waals surface area contributed by atoms with Gasteiger partial charge < -0.3 is 10.0 Å². The molecule has 9 heteroatoms. The molecule has 3 fully saturated rings. The smallest absolute Gasteiger partial charge is 0.304 e. The van der Waals surface area contributed by atoms with Crippen LogP contribution in [0.3, 0.4) is 0 Å². The van der Waals surface area contributed by atoms with Crippen LogP contribution in [0.15, 0.2) is 48.0 Å². The molecule has 2 aliphatic carbocycles. The standard InChI is InChI=1S/C33H38N4O4S/c1-36-16-6-11-27(32(36)41)28-15-12-22(19-34-28)25-9-4-5-10-26(25)29-20-42-33(35-29)37(24-13-14-24)31(40)23(18-30(38)39)17-21-7-2-3-8-21/h4-5,9-10,12,15,19-21,23-24,27H,2-3,6-8,11,13-14,16-18H2,1H3,(H,38,39)/t23-,27?/m1/s1. The summed E-state index contributed by atoms with van der Waals surface area (Å²) in [7, 11) is 1.85. The molecule has 2 atom stereocenters. The second-order valence-electron chi connectivity index (χ2n) is 12.1. The summed E-state index contributed by atoms with van der Waals surface area (Å²) in [4.78, 5) is 51.5. The van der Waals surface area contributed by atoms with Crippen LogP contribution in [-0.4, -0.2) is 57.4 Å². The third-order valence-corrected chi connectivity index (χ3v) is 9.87. The first-order valence-corrected chi connectivity index (χ1v) is 16.1. The van der Waals surface area contributed by atoms with Gasteiger partial charge in [0.05, 0.1) is 23.7 Å². The first-order valence-electron chi connectivity index (χ1n) is 15.2. The normalized spacial score (nSPS) is 20.1. The molecule has 0 bridgehead atoms. The molecule has 1 unspecified atom stereocenters. The second kappa shape index (κ2) is 12.3. The Hall–Kier alpha value is -3.59. The molecular weight excluding hydrogens is 548 g/mol. The Morgan fingerprint density at radius 2 is 1.81 bits per heavy atom. The van der Waals surface area contributed by atoms with Crippen LogP contribution in [0.1, 0.15) is 75.8 Å². The number of pyridine rings is 1. The van der Waals surface area contributed by atoms with E-state index in [0.717, 1.165) is 86.0 Å². The molecule has 0 spiro atoms. The van der Waals surface area contributed by atoms with Crippen molar-refractivity contribution in [3.63, 3.8) is 0 Å². The number of hydrogen-bond donors (Lipinski definition) is 1. The van der Waals surface area contributed by atoms with Crippen molar-refractivity contribution < 1.29 is 19.5 Å². The van der Waals surface area contributed by atoms with Crippen molar-refractivity contribution >= 4 is 34.3 Å². The molecule has 1 aromatic carbocycles. The minimum atomic E-state index is -0.921. The van der Waals surface area contributed by atoms with E-state index in [0.29, 0.717) is 17.5 Å². The fourth-order valence-electron chi connectivity index (χ4n) is 6.62. The highest BCUT2D eigenvalue weighted by Crippen LogP contribution is 2.41. The predicted molar refractivity (Wildman–Crippen MR) is 163 cm³/mol. The molecule has 3 heterocycles. The number of aliphatic carboxylic acids is 1. The highest BCUT2D eigenvalue weighted by molar-refractivity contribution is 7.14. The van der Waals surface area contributed by atoms with Crippen molar-refractivity contribution in [1.82, 2.24) is 14.9 Å². The van der Waals surface area contributed by atoms with Gasteiger partial charge in [0.1, 0.15) is 0 Å². The summed E-state index contributed by atoms with van der Waals surface area (Å²) in [5, 5.41) is 12.2. The molecular formula is C33H38N4O4S. The van der Waals surface area contributed by atoms with Gasteiger partial charge in [-0.25, -0.2) is 4.98 Å². The molecule has 220 valence electrons. The van der Waals surface area contributed by atoms with E-state index in [9.17, 15) is 19.5 Å². The molecule has 42 heavy (non-hydrogen) atoms. The van der Waals surface area contributed by atoms with Crippen molar-refractivity contribution in [1.29, 1.82) is 0 Å². The molecule has 2 saturated carbocycles. The fourth-order valence-corrected chi connectivity index (χ4v) is 7.53. The van der Waals surface area contributed by atoms with Gasteiger partial charge in [0.2, 0.25) is 11.8 Å². The topological polar surface area (TPSA) is 104 Å². The molecule has 2 aromatic heterocycles. The second-order valence-corrected chi connectivity index (χ2v) is 12.9. The van der Waals surface area contributed by atoms with E-state index in [4.69, 9.17) is 9.97 Å². The number of anilines is 1. The van der Waals surface area contributed by atoms with Crippen LogP contribution in [0.5, 0.6) is 0 Å². The van der Waals surface area contributed by atoms with Gasteiger partial charge >= 0.3 is 5.97 Å². The van der Waals surface area contributed by atoms with Crippen LogP contribution in [-0.2, 0) is 14.4 Å². The number of aromatic nitrogens is 2. The molecule has 6 rings (SSSR count). The number of carbonyl (C=O) groups excluding carboxylic acids is 2. The summed E-state index contributed by atoms with van der Waals surface area (Å²) < 4.78 is 0. The summed E-state index contributed by atoms with van der Waals surface area (Å²) >= 11 is 1.44. The lowest BCUT2D eigenvalue weighted by molar-refractivity contribution is -0.141. The van der Waals surface area contributed by atoms with Gasteiger partial charge in [-0.3, -0.25) is 24.3 Å². The van der Waals surface area contributed by atoms with Gasteiger partial charge in [0, 0.05) is 48.3 Å². The number of benzene rings is 1. The molecule has 3 aliphatic rings. The lowest BCUT2D eigenvalue weighted by atomic mass is 9.90. The number of hydrogen-bond acceptors (Lipinski definition) is 6. The highest BCUT2D eigenvalue weighted by atomic mass is 32.1. The molecule has 3 aromatic rings. The number of rotatable bonds is 10. The predicted octanol–water partition coefficient (Wildman–Crippen LogP) is 6.37. The summed E-state index contributed by atoms with van der Waals surface area (Å²) in [6.45, 7) is 0.793. The average molecular weight is 587 g/mol. The maximum atomic E-state index is 13.9. The van der Waals surface area contributed by atoms with Crippen LogP contribution in [0.4, 0.5) is 5.13 Å². The summed E-state index contributed by atoms with van der Waals surface area (Å²) in [5.74, 6) is -1.18. The Bertz CT molecular complexity index is 1440. The quantitative estimate of drug-likeness (QED) is 0.296. The van der Waals surface area contributed by atoms with Crippen molar-refractivity contribution in [2.45, 2.75) is 76.2 Å². The Morgan fingerprint density at radius 1 is 1.05 bits per heavy atom. The van der Waals surface area contributed by atoms with Gasteiger partial charge in [-0.15, -0.1) is 11.3 Å². The Balaban J connectivity index is 1.25. The average Bonchev–Trinajstić information content (AvgIpc) is 3.46.